The maximum atomic E-state index is 12.5. The summed E-state index contributed by atoms with van der Waals surface area (Å²) in [6.45, 7) is 2.05. The summed E-state index contributed by atoms with van der Waals surface area (Å²) in [5, 5.41) is 3.79. The zero-order valence-corrected chi connectivity index (χ0v) is 12.7. The van der Waals surface area contributed by atoms with Crippen molar-refractivity contribution in [3.63, 3.8) is 0 Å². The van der Waals surface area contributed by atoms with Crippen molar-refractivity contribution in [1.29, 1.82) is 0 Å². The molecule has 1 aliphatic carbocycles. The number of nitrogens with two attached hydrogens (primary N) is 1. The Morgan fingerprint density at radius 1 is 1.40 bits per heavy atom. The highest BCUT2D eigenvalue weighted by atomic mass is 35.5. The monoisotopic (exact) mass is 294 g/mol. The van der Waals surface area contributed by atoms with E-state index in [2.05, 4.69) is 12.2 Å². The summed E-state index contributed by atoms with van der Waals surface area (Å²) < 4.78 is 0. The van der Waals surface area contributed by atoms with Crippen LogP contribution in [0.15, 0.2) is 24.3 Å². The number of rotatable bonds is 4. The summed E-state index contributed by atoms with van der Waals surface area (Å²) in [4.78, 5) is 12.5. The second-order valence-corrected chi connectivity index (χ2v) is 6.14. The Morgan fingerprint density at radius 2 is 2.10 bits per heavy atom. The smallest absolute Gasteiger partial charge is 0.240 e. The molecule has 1 unspecified atom stereocenters. The van der Waals surface area contributed by atoms with Crippen LogP contribution < -0.4 is 11.1 Å². The molecule has 1 fully saturated rings. The van der Waals surface area contributed by atoms with Gasteiger partial charge in [0.1, 0.15) is 0 Å². The third kappa shape index (κ3) is 3.53. The fourth-order valence-electron chi connectivity index (χ4n) is 2.86. The molecule has 1 aromatic carbocycles. The fraction of sp³-hybridized carbons (Fsp3) is 0.562. The molecular weight excluding hydrogens is 272 g/mol. The number of halogens is 1. The highest BCUT2D eigenvalue weighted by Crippen LogP contribution is 2.28. The van der Waals surface area contributed by atoms with Crippen molar-refractivity contribution in [1.82, 2.24) is 5.32 Å². The van der Waals surface area contributed by atoms with Gasteiger partial charge in [-0.25, -0.2) is 0 Å². The lowest BCUT2D eigenvalue weighted by Crippen LogP contribution is -2.55. The van der Waals surface area contributed by atoms with Gasteiger partial charge in [0, 0.05) is 5.02 Å². The normalized spacial score (nSPS) is 19.4. The van der Waals surface area contributed by atoms with Crippen LogP contribution in [0.25, 0.3) is 0 Å². The molecule has 0 bridgehead atoms. The molecule has 1 atom stereocenters. The van der Waals surface area contributed by atoms with E-state index in [1.165, 1.54) is 6.42 Å². The Kier molecular flexibility index (Phi) is 5.06. The van der Waals surface area contributed by atoms with Crippen LogP contribution in [0, 0.1) is 0 Å². The van der Waals surface area contributed by atoms with E-state index < -0.39 is 5.54 Å². The van der Waals surface area contributed by atoms with Crippen molar-refractivity contribution < 1.29 is 4.79 Å². The van der Waals surface area contributed by atoms with Crippen molar-refractivity contribution in [3.05, 3.63) is 34.9 Å². The standard InChI is InChI=1S/C16H23ClN2O/c1-2-14(12-7-6-8-13(17)11-12)19-15(20)16(18)9-4-3-5-10-16/h6-8,11,14H,2-5,9-10,18H2,1H3,(H,19,20). The highest BCUT2D eigenvalue weighted by molar-refractivity contribution is 6.30. The minimum absolute atomic E-state index is 0.0241. The van der Waals surface area contributed by atoms with E-state index in [1.54, 1.807) is 0 Å². The van der Waals surface area contributed by atoms with Gasteiger partial charge in [0.15, 0.2) is 0 Å². The van der Waals surface area contributed by atoms with Crippen LogP contribution in [0.1, 0.15) is 57.1 Å². The average molecular weight is 295 g/mol. The molecule has 3 N–H and O–H groups in total. The van der Waals surface area contributed by atoms with Crippen molar-refractivity contribution in [2.75, 3.05) is 0 Å². The second kappa shape index (κ2) is 6.59. The van der Waals surface area contributed by atoms with Gasteiger partial charge in [-0.1, -0.05) is 49.9 Å². The zero-order chi connectivity index (χ0) is 14.6. The van der Waals surface area contributed by atoms with Crippen molar-refractivity contribution in [2.45, 2.75) is 57.0 Å². The van der Waals surface area contributed by atoms with Gasteiger partial charge in [-0.15, -0.1) is 0 Å². The molecule has 4 heteroatoms. The van der Waals surface area contributed by atoms with Gasteiger partial charge in [-0.3, -0.25) is 4.79 Å². The van der Waals surface area contributed by atoms with E-state index in [4.69, 9.17) is 17.3 Å². The number of hydrogen-bond donors (Lipinski definition) is 2. The fourth-order valence-corrected chi connectivity index (χ4v) is 3.05. The molecule has 1 aromatic rings. The molecule has 0 aromatic heterocycles. The van der Waals surface area contributed by atoms with E-state index in [0.29, 0.717) is 5.02 Å². The highest BCUT2D eigenvalue weighted by Gasteiger charge is 2.36. The number of carbonyl (C=O) groups excluding carboxylic acids is 1. The molecule has 0 heterocycles. The molecule has 110 valence electrons. The third-order valence-electron chi connectivity index (χ3n) is 4.16. The quantitative estimate of drug-likeness (QED) is 0.892. The lowest BCUT2D eigenvalue weighted by molar-refractivity contribution is -0.128. The third-order valence-corrected chi connectivity index (χ3v) is 4.40. The molecule has 2 rings (SSSR count). The first kappa shape index (κ1) is 15.3. The van der Waals surface area contributed by atoms with Gasteiger partial charge in [0.25, 0.3) is 0 Å². The van der Waals surface area contributed by atoms with Gasteiger partial charge in [0.2, 0.25) is 5.91 Å². The molecule has 0 saturated heterocycles. The van der Waals surface area contributed by atoms with E-state index >= 15 is 0 Å². The van der Waals surface area contributed by atoms with Gasteiger partial charge < -0.3 is 11.1 Å². The van der Waals surface area contributed by atoms with E-state index in [0.717, 1.165) is 37.7 Å². The first-order valence-corrected chi connectivity index (χ1v) is 7.78. The number of amides is 1. The largest absolute Gasteiger partial charge is 0.348 e. The Balaban J connectivity index is 2.08. The number of nitrogens with one attached hydrogen (secondary N) is 1. The molecule has 1 aliphatic rings. The summed E-state index contributed by atoms with van der Waals surface area (Å²) in [5.74, 6) is -0.0241. The van der Waals surface area contributed by atoms with E-state index in [9.17, 15) is 4.79 Å². The summed E-state index contributed by atoms with van der Waals surface area (Å²) >= 11 is 6.02. The maximum absolute atomic E-state index is 12.5. The van der Waals surface area contributed by atoms with Crippen LogP contribution in [0.4, 0.5) is 0 Å². The van der Waals surface area contributed by atoms with Crippen molar-refractivity contribution in [3.8, 4) is 0 Å². The van der Waals surface area contributed by atoms with Crippen molar-refractivity contribution in [2.24, 2.45) is 5.73 Å². The van der Waals surface area contributed by atoms with E-state index in [1.807, 2.05) is 24.3 Å². The molecule has 0 radical (unpaired) electrons. The molecule has 3 nitrogen and oxygen atoms in total. The maximum Gasteiger partial charge on any atom is 0.240 e. The lowest BCUT2D eigenvalue weighted by atomic mass is 9.81. The van der Waals surface area contributed by atoms with Crippen molar-refractivity contribution >= 4 is 17.5 Å². The lowest BCUT2D eigenvalue weighted by Gasteiger charge is -2.33. The van der Waals surface area contributed by atoms with Gasteiger partial charge in [-0.2, -0.15) is 0 Å². The predicted octanol–water partition coefficient (Wildman–Crippen LogP) is 3.57. The summed E-state index contributed by atoms with van der Waals surface area (Å²) in [6, 6.07) is 7.62. The van der Waals surface area contributed by atoms with Crippen LogP contribution in [0.2, 0.25) is 5.02 Å². The number of hydrogen-bond acceptors (Lipinski definition) is 2. The molecule has 20 heavy (non-hydrogen) atoms. The second-order valence-electron chi connectivity index (χ2n) is 5.71. The molecule has 1 amide bonds. The molecule has 0 aliphatic heterocycles. The SMILES string of the molecule is CCC(NC(=O)C1(N)CCCCC1)c1cccc(Cl)c1. The number of benzene rings is 1. The first-order chi connectivity index (χ1) is 9.55. The Bertz CT molecular complexity index is 469. The topological polar surface area (TPSA) is 55.1 Å². The van der Waals surface area contributed by atoms with Gasteiger partial charge >= 0.3 is 0 Å². The molecule has 1 saturated carbocycles. The summed E-state index contributed by atoms with van der Waals surface area (Å²) in [5.41, 5.74) is 6.62. The Hall–Kier alpha value is -1.06. The zero-order valence-electron chi connectivity index (χ0n) is 12.0. The van der Waals surface area contributed by atoms with Crippen LogP contribution in [0.3, 0.4) is 0 Å². The first-order valence-electron chi connectivity index (χ1n) is 7.40. The average Bonchev–Trinajstić information content (AvgIpc) is 2.45. The Labute approximate surface area is 125 Å². The molecular formula is C16H23ClN2O. The minimum atomic E-state index is -0.690. The predicted molar refractivity (Wildman–Crippen MR) is 82.6 cm³/mol. The number of carbonyl (C=O) groups is 1. The van der Waals surface area contributed by atoms with Gasteiger partial charge in [-0.05, 0) is 37.0 Å². The van der Waals surface area contributed by atoms with Crippen LogP contribution in [0.5, 0.6) is 0 Å². The summed E-state index contributed by atoms with van der Waals surface area (Å²) in [7, 11) is 0. The summed E-state index contributed by atoms with van der Waals surface area (Å²) in [6.07, 6.45) is 5.64. The molecule has 0 spiro atoms. The van der Waals surface area contributed by atoms with Crippen LogP contribution >= 0.6 is 11.6 Å². The van der Waals surface area contributed by atoms with E-state index in [-0.39, 0.29) is 11.9 Å². The van der Waals surface area contributed by atoms with Crippen LogP contribution in [-0.4, -0.2) is 11.4 Å². The Morgan fingerprint density at radius 3 is 2.70 bits per heavy atom. The minimum Gasteiger partial charge on any atom is -0.348 e. The van der Waals surface area contributed by atoms with Crippen LogP contribution in [-0.2, 0) is 4.79 Å². The van der Waals surface area contributed by atoms with Gasteiger partial charge in [0.05, 0.1) is 11.6 Å².